The lowest BCUT2D eigenvalue weighted by atomic mass is 9.81. The normalized spacial score (nSPS) is 20.8. The average molecular weight is 740 g/mol. The summed E-state index contributed by atoms with van der Waals surface area (Å²) < 4.78 is 0. The maximum Gasteiger partial charge on any atom is 0.0471 e. The smallest absolute Gasteiger partial charge is 0.0471 e. The Hall–Kier alpha value is -5.40. The van der Waals surface area contributed by atoms with E-state index in [0.29, 0.717) is 11.8 Å². The molecule has 0 amide bonds. The Morgan fingerprint density at radius 2 is 1.25 bits per heavy atom. The Morgan fingerprint density at radius 3 is 2.05 bits per heavy atom. The maximum atomic E-state index is 2.56. The second kappa shape index (κ2) is 13.9. The maximum absolute atomic E-state index is 2.56. The SMILES string of the molecule is CC1(C)c2ccccc2-c2c(-c3ccc4ccccc4c3)cc(N(c3ccc(C4CC5CCC4C5)cc3)c3cccc(-c4ccccc4C4CCCCC4)c3)cc21. The molecule has 2 bridgehead atoms. The van der Waals surface area contributed by atoms with Crippen LogP contribution in [0.5, 0.6) is 0 Å². The largest absolute Gasteiger partial charge is 0.310 e. The van der Waals surface area contributed by atoms with Crippen LogP contribution in [-0.4, -0.2) is 0 Å². The van der Waals surface area contributed by atoms with Crippen molar-refractivity contribution in [3.8, 4) is 33.4 Å². The van der Waals surface area contributed by atoms with Gasteiger partial charge in [-0.05, 0) is 165 Å². The Balaban J connectivity index is 1.11. The minimum absolute atomic E-state index is 0.147. The molecule has 0 heterocycles. The van der Waals surface area contributed by atoms with Gasteiger partial charge in [-0.25, -0.2) is 0 Å². The molecule has 1 nitrogen and oxygen atoms in total. The van der Waals surface area contributed by atoms with Crippen LogP contribution in [0.3, 0.4) is 0 Å². The van der Waals surface area contributed by atoms with Gasteiger partial charge in [0.1, 0.15) is 0 Å². The standard InChI is InChI=1S/C56H53N/c1-56(2)53-22-11-10-21-50(53)55-52(44-26-25-38-13-6-7-16-41(38)33-44)35-47(36-54(55)56)57(45-29-27-40(28-30-45)51-32-37-23-24-43(51)31-37)46-18-12-17-42(34-46)49-20-9-8-19-48(49)39-14-4-3-5-15-39/h6-13,16-22,25-30,33-37,39,43,51H,3-5,14-15,23-24,31-32H2,1-2H3. The van der Waals surface area contributed by atoms with Crippen LogP contribution in [0.4, 0.5) is 17.1 Å². The van der Waals surface area contributed by atoms with Gasteiger partial charge in [0.05, 0.1) is 0 Å². The van der Waals surface area contributed by atoms with Crippen LogP contribution in [0.15, 0.2) is 152 Å². The Labute approximate surface area is 339 Å². The van der Waals surface area contributed by atoms with Crippen molar-refractivity contribution in [3.63, 3.8) is 0 Å². The van der Waals surface area contributed by atoms with Crippen molar-refractivity contribution < 1.29 is 0 Å². The van der Waals surface area contributed by atoms with Gasteiger partial charge in [0.2, 0.25) is 0 Å². The lowest BCUT2D eigenvalue weighted by Crippen LogP contribution is -2.17. The Kier molecular flexibility index (Phi) is 8.50. The summed E-state index contributed by atoms with van der Waals surface area (Å²) in [5.41, 5.74) is 17.3. The molecule has 4 aliphatic carbocycles. The van der Waals surface area contributed by atoms with Crippen molar-refractivity contribution in [2.24, 2.45) is 11.8 Å². The van der Waals surface area contributed by atoms with Gasteiger partial charge in [0, 0.05) is 22.5 Å². The summed E-state index contributed by atoms with van der Waals surface area (Å²) in [5, 5.41) is 2.55. The van der Waals surface area contributed by atoms with E-state index in [1.807, 2.05) is 0 Å². The number of rotatable bonds is 7. The zero-order valence-electron chi connectivity index (χ0n) is 33.6. The van der Waals surface area contributed by atoms with E-state index in [1.165, 1.54) is 141 Å². The van der Waals surface area contributed by atoms with E-state index in [2.05, 4.69) is 170 Å². The summed E-state index contributed by atoms with van der Waals surface area (Å²) >= 11 is 0. The molecule has 3 saturated carbocycles. The third-order valence-electron chi connectivity index (χ3n) is 14.7. The fraction of sp³-hybridized carbons (Fsp3) is 0.286. The van der Waals surface area contributed by atoms with Crippen LogP contribution in [0.1, 0.15) is 106 Å². The van der Waals surface area contributed by atoms with Crippen LogP contribution >= 0.6 is 0 Å². The third kappa shape index (κ3) is 5.96. The monoisotopic (exact) mass is 739 g/mol. The van der Waals surface area contributed by atoms with E-state index in [9.17, 15) is 0 Å². The lowest BCUT2D eigenvalue weighted by Gasteiger charge is -2.30. The fourth-order valence-corrected chi connectivity index (χ4v) is 11.8. The van der Waals surface area contributed by atoms with Gasteiger partial charge in [-0.3, -0.25) is 0 Å². The molecule has 7 aromatic carbocycles. The zero-order valence-corrected chi connectivity index (χ0v) is 33.6. The highest BCUT2D eigenvalue weighted by Crippen LogP contribution is 2.56. The molecule has 1 heteroatoms. The summed E-state index contributed by atoms with van der Waals surface area (Å²) in [7, 11) is 0. The molecule has 0 aliphatic heterocycles. The molecule has 57 heavy (non-hydrogen) atoms. The second-order valence-electron chi connectivity index (χ2n) is 18.3. The number of fused-ring (bicyclic) bond motifs is 6. The van der Waals surface area contributed by atoms with E-state index < -0.39 is 0 Å². The van der Waals surface area contributed by atoms with Crippen LogP contribution < -0.4 is 4.90 Å². The van der Waals surface area contributed by atoms with E-state index in [0.717, 1.165) is 11.8 Å². The van der Waals surface area contributed by atoms with Crippen LogP contribution in [0.25, 0.3) is 44.2 Å². The van der Waals surface area contributed by atoms with E-state index in [4.69, 9.17) is 0 Å². The number of benzene rings is 7. The summed E-state index contributed by atoms with van der Waals surface area (Å²) in [4.78, 5) is 2.56. The molecule has 282 valence electrons. The fourth-order valence-electron chi connectivity index (χ4n) is 11.8. The molecule has 3 atom stereocenters. The van der Waals surface area contributed by atoms with Crippen molar-refractivity contribution in [3.05, 3.63) is 174 Å². The van der Waals surface area contributed by atoms with Crippen molar-refractivity contribution in [2.75, 3.05) is 4.90 Å². The lowest BCUT2D eigenvalue weighted by molar-refractivity contribution is 0.420. The average Bonchev–Trinajstić information content (AvgIpc) is 3.97. The molecule has 3 unspecified atom stereocenters. The molecule has 7 aromatic rings. The minimum atomic E-state index is -0.147. The summed E-state index contributed by atoms with van der Waals surface area (Å²) in [5.74, 6) is 3.15. The summed E-state index contributed by atoms with van der Waals surface area (Å²) in [6.45, 7) is 4.84. The first-order valence-electron chi connectivity index (χ1n) is 21.9. The molecular weight excluding hydrogens is 687 g/mol. The second-order valence-corrected chi connectivity index (χ2v) is 18.3. The van der Waals surface area contributed by atoms with Crippen molar-refractivity contribution >= 4 is 27.8 Å². The summed E-state index contributed by atoms with van der Waals surface area (Å²) in [6.07, 6.45) is 12.3. The predicted molar refractivity (Wildman–Crippen MR) is 241 cm³/mol. The van der Waals surface area contributed by atoms with Gasteiger partial charge in [-0.15, -0.1) is 0 Å². The molecule has 3 fully saturated rings. The predicted octanol–water partition coefficient (Wildman–Crippen LogP) is 15.9. The van der Waals surface area contributed by atoms with Crippen molar-refractivity contribution in [1.82, 2.24) is 0 Å². The number of hydrogen-bond acceptors (Lipinski definition) is 1. The number of hydrogen-bond donors (Lipinski definition) is 0. The van der Waals surface area contributed by atoms with Gasteiger partial charge in [0.15, 0.2) is 0 Å². The zero-order chi connectivity index (χ0) is 38.1. The highest BCUT2D eigenvalue weighted by molar-refractivity contribution is 5.98. The highest BCUT2D eigenvalue weighted by atomic mass is 15.1. The first-order chi connectivity index (χ1) is 28.0. The highest BCUT2D eigenvalue weighted by Gasteiger charge is 2.40. The van der Waals surface area contributed by atoms with Crippen LogP contribution in [0, 0.1) is 11.8 Å². The van der Waals surface area contributed by atoms with Crippen molar-refractivity contribution in [2.45, 2.75) is 88.9 Å². The number of anilines is 3. The molecule has 11 rings (SSSR count). The van der Waals surface area contributed by atoms with Crippen molar-refractivity contribution in [1.29, 1.82) is 0 Å². The molecule has 0 spiro atoms. The molecule has 0 aromatic heterocycles. The molecule has 0 radical (unpaired) electrons. The molecular formula is C56H53N. The topological polar surface area (TPSA) is 3.24 Å². The minimum Gasteiger partial charge on any atom is -0.310 e. The van der Waals surface area contributed by atoms with Gasteiger partial charge >= 0.3 is 0 Å². The van der Waals surface area contributed by atoms with Crippen LogP contribution in [0.2, 0.25) is 0 Å². The molecule has 4 aliphatic rings. The molecule has 0 saturated heterocycles. The van der Waals surface area contributed by atoms with Gasteiger partial charge in [-0.1, -0.05) is 149 Å². The van der Waals surface area contributed by atoms with Crippen LogP contribution in [-0.2, 0) is 5.41 Å². The first-order valence-corrected chi connectivity index (χ1v) is 21.9. The quantitative estimate of drug-likeness (QED) is 0.157. The van der Waals surface area contributed by atoms with Gasteiger partial charge in [-0.2, -0.15) is 0 Å². The van der Waals surface area contributed by atoms with E-state index >= 15 is 0 Å². The van der Waals surface area contributed by atoms with E-state index in [-0.39, 0.29) is 5.41 Å². The van der Waals surface area contributed by atoms with Gasteiger partial charge in [0.25, 0.3) is 0 Å². The molecule has 0 N–H and O–H groups in total. The third-order valence-corrected chi connectivity index (χ3v) is 14.7. The van der Waals surface area contributed by atoms with Gasteiger partial charge < -0.3 is 4.90 Å². The first kappa shape index (κ1) is 34.8. The summed E-state index contributed by atoms with van der Waals surface area (Å²) in [6, 6.07) is 58.4. The number of nitrogens with zero attached hydrogens (tertiary/aromatic N) is 1. The Morgan fingerprint density at radius 1 is 0.491 bits per heavy atom. The van der Waals surface area contributed by atoms with E-state index in [1.54, 1.807) is 0 Å². The Bertz CT molecular complexity index is 2620.